The summed E-state index contributed by atoms with van der Waals surface area (Å²) in [5, 5.41) is 2.57. The average Bonchev–Trinajstić information content (AvgIpc) is 2.97. The molecule has 0 spiro atoms. The van der Waals surface area contributed by atoms with Crippen LogP contribution in [0, 0.1) is 18.6 Å². The number of nitrogens with zero attached hydrogens (tertiary/aromatic N) is 4. The molecule has 0 aliphatic rings. The fraction of sp³-hybridized carbons (Fsp3) is 0.125. The Morgan fingerprint density at radius 3 is 2.58 bits per heavy atom. The van der Waals surface area contributed by atoms with Crippen molar-refractivity contribution in [3.63, 3.8) is 0 Å². The molecule has 122 valence electrons. The van der Waals surface area contributed by atoms with Gasteiger partial charge in [-0.25, -0.2) is 23.7 Å². The number of carbonyl (C=O) groups is 1. The van der Waals surface area contributed by atoms with Crippen LogP contribution in [0.15, 0.2) is 43.0 Å². The van der Waals surface area contributed by atoms with E-state index in [1.54, 1.807) is 17.0 Å². The Morgan fingerprint density at radius 1 is 1.21 bits per heavy atom. The van der Waals surface area contributed by atoms with Gasteiger partial charge < -0.3 is 5.32 Å². The molecule has 6 nitrogen and oxygen atoms in total. The molecule has 0 aliphatic heterocycles. The van der Waals surface area contributed by atoms with Crippen molar-refractivity contribution in [2.45, 2.75) is 13.3 Å². The SMILES string of the molecule is Cc1nccn1-c1ncc(NC(=O)Cc2ccc(F)cc2F)cn1. The first-order chi connectivity index (χ1) is 11.5. The highest BCUT2D eigenvalue weighted by Gasteiger charge is 2.10. The summed E-state index contributed by atoms with van der Waals surface area (Å²) in [6.45, 7) is 1.82. The van der Waals surface area contributed by atoms with Gasteiger partial charge in [0.2, 0.25) is 11.9 Å². The Balaban J connectivity index is 1.67. The molecule has 3 aromatic rings. The van der Waals surface area contributed by atoms with Crippen LogP contribution in [0.3, 0.4) is 0 Å². The number of nitrogens with one attached hydrogen (secondary N) is 1. The molecule has 3 rings (SSSR count). The minimum absolute atomic E-state index is 0.112. The normalized spacial score (nSPS) is 10.6. The molecule has 24 heavy (non-hydrogen) atoms. The molecule has 2 aromatic heterocycles. The summed E-state index contributed by atoms with van der Waals surface area (Å²) in [6.07, 6.45) is 6.03. The van der Waals surface area contributed by atoms with E-state index in [9.17, 15) is 13.6 Å². The fourth-order valence-electron chi connectivity index (χ4n) is 2.14. The highest BCUT2D eigenvalue weighted by atomic mass is 19.1. The van der Waals surface area contributed by atoms with Crippen molar-refractivity contribution >= 4 is 11.6 Å². The third-order valence-corrected chi connectivity index (χ3v) is 3.33. The van der Waals surface area contributed by atoms with Crippen molar-refractivity contribution in [3.05, 3.63) is 66.0 Å². The molecule has 8 heteroatoms. The number of aromatic nitrogens is 4. The Labute approximate surface area is 136 Å². The van der Waals surface area contributed by atoms with E-state index < -0.39 is 17.5 Å². The fourth-order valence-corrected chi connectivity index (χ4v) is 2.14. The van der Waals surface area contributed by atoms with Crippen LogP contribution in [-0.2, 0) is 11.2 Å². The number of amides is 1. The lowest BCUT2D eigenvalue weighted by Crippen LogP contribution is -2.16. The first-order valence-electron chi connectivity index (χ1n) is 7.09. The predicted molar refractivity (Wildman–Crippen MR) is 82.6 cm³/mol. The van der Waals surface area contributed by atoms with E-state index >= 15 is 0 Å². The van der Waals surface area contributed by atoms with E-state index in [-0.39, 0.29) is 12.0 Å². The van der Waals surface area contributed by atoms with Gasteiger partial charge in [-0.3, -0.25) is 9.36 Å². The minimum Gasteiger partial charge on any atom is -0.323 e. The summed E-state index contributed by atoms with van der Waals surface area (Å²) in [5.41, 5.74) is 0.490. The summed E-state index contributed by atoms with van der Waals surface area (Å²) in [6, 6.07) is 3.09. The quantitative estimate of drug-likeness (QED) is 0.798. The number of imidazole rings is 1. The van der Waals surface area contributed by atoms with E-state index in [0.717, 1.165) is 18.0 Å². The molecular weight excluding hydrogens is 316 g/mol. The monoisotopic (exact) mass is 329 g/mol. The number of anilines is 1. The molecule has 0 bridgehead atoms. The van der Waals surface area contributed by atoms with E-state index in [1.165, 1.54) is 18.5 Å². The third kappa shape index (κ3) is 3.43. The van der Waals surface area contributed by atoms with Gasteiger partial charge in [-0.15, -0.1) is 0 Å². The van der Waals surface area contributed by atoms with Crippen molar-refractivity contribution in [2.75, 3.05) is 5.32 Å². The number of halogens is 2. The highest BCUT2D eigenvalue weighted by molar-refractivity contribution is 5.91. The lowest BCUT2D eigenvalue weighted by Gasteiger charge is -2.07. The molecule has 0 aliphatic carbocycles. The van der Waals surface area contributed by atoms with Crippen LogP contribution in [0.4, 0.5) is 14.5 Å². The lowest BCUT2D eigenvalue weighted by atomic mass is 10.1. The number of rotatable bonds is 4. The molecular formula is C16H13F2N5O. The highest BCUT2D eigenvalue weighted by Crippen LogP contribution is 2.12. The van der Waals surface area contributed by atoms with Gasteiger partial charge in [0.1, 0.15) is 17.5 Å². The number of hydrogen-bond donors (Lipinski definition) is 1. The second-order valence-electron chi connectivity index (χ2n) is 5.08. The van der Waals surface area contributed by atoms with Crippen LogP contribution in [0.5, 0.6) is 0 Å². The summed E-state index contributed by atoms with van der Waals surface area (Å²) < 4.78 is 28.1. The zero-order valence-corrected chi connectivity index (χ0v) is 12.7. The smallest absolute Gasteiger partial charge is 0.235 e. The first-order valence-corrected chi connectivity index (χ1v) is 7.09. The van der Waals surface area contributed by atoms with E-state index in [2.05, 4.69) is 20.3 Å². The molecule has 0 atom stereocenters. The van der Waals surface area contributed by atoms with Gasteiger partial charge in [0.05, 0.1) is 24.5 Å². The summed E-state index contributed by atoms with van der Waals surface area (Å²) in [5.74, 6) is -0.732. The van der Waals surface area contributed by atoms with Crippen molar-refractivity contribution in [1.82, 2.24) is 19.5 Å². The van der Waals surface area contributed by atoms with Gasteiger partial charge in [0, 0.05) is 18.5 Å². The van der Waals surface area contributed by atoms with Crippen LogP contribution in [0.1, 0.15) is 11.4 Å². The van der Waals surface area contributed by atoms with E-state index in [1.807, 2.05) is 6.92 Å². The maximum absolute atomic E-state index is 13.5. The second kappa shape index (κ2) is 6.53. The Bertz CT molecular complexity index is 876. The average molecular weight is 329 g/mol. The van der Waals surface area contributed by atoms with Gasteiger partial charge in [0.25, 0.3) is 0 Å². The summed E-state index contributed by atoms with van der Waals surface area (Å²) >= 11 is 0. The molecule has 0 radical (unpaired) electrons. The van der Waals surface area contributed by atoms with Gasteiger partial charge in [-0.2, -0.15) is 0 Å². The van der Waals surface area contributed by atoms with Crippen molar-refractivity contribution in [1.29, 1.82) is 0 Å². The number of aryl methyl sites for hydroxylation is 1. The predicted octanol–water partition coefficient (Wildman–Crippen LogP) is 2.43. The van der Waals surface area contributed by atoms with Crippen LogP contribution < -0.4 is 5.32 Å². The van der Waals surface area contributed by atoms with Crippen LogP contribution in [-0.4, -0.2) is 25.4 Å². The Kier molecular flexibility index (Phi) is 4.28. The molecule has 0 saturated heterocycles. The lowest BCUT2D eigenvalue weighted by molar-refractivity contribution is -0.115. The molecule has 1 N–H and O–H groups in total. The Hall–Kier alpha value is -3.16. The number of benzene rings is 1. The van der Waals surface area contributed by atoms with Gasteiger partial charge >= 0.3 is 0 Å². The number of hydrogen-bond acceptors (Lipinski definition) is 4. The van der Waals surface area contributed by atoms with Gasteiger partial charge in [0.15, 0.2) is 0 Å². The van der Waals surface area contributed by atoms with Gasteiger partial charge in [-0.05, 0) is 18.6 Å². The largest absolute Gasteiger partial charge is 0.323 e. The maximum atomic E-state index is 13.5. The number of carbonyl (C=O) groups excluding carboxylic acids is 1. The molecule has 0 saturated carbocycles. The second-order valence-corrected chi connectivity index (χ2v) is 5.08. The van der Waals surface area contributed by atoms with Crippen LogP contribution >= 0.6 is 0 Å². The van der Waals surface area contributed by atoms with E-state index in [0.29, 0.717) is 11.6 Å². The summed E-state index contributed by atoms with van der Waals surface area (Å²) in [7, 11) is 0. The van der Waals surface area contributed by atoms with Crippen LogP contribution in [0.25, 0.3) is 5.95 Å². The zero-order valence-electron chi connectivity index (χ0n) is 12.7. The zero-order chi connectivity index (χ0) is 17.1. The van der Waals surface area contributed by atoms with Gasteiger partial charge in [-0.1, -0.05) is 6.07 Å². The summed E-state index contributed by atoms with van der Waals surface area (Å²) in [4.78, 5) is 24.3. The van der Waals surface area contributed by atoms with Crippen molar-refractivity contribution in [3.8, 4) is 5.95 Å². The van der Waals surface area contributed by atoms with E-state index in [4.69, 9.17) is 0 Å². The molecule has 2 heterocycles. The topological polar surface area (TPSA) is 72.7 Å². The minimum atomic E-state index is -0.757. The first kappa shape index (κ1) is 15.7. The third-order valence-electron chi connectivity index (χ3n) is 3.33. The Morgan fingerprint density at radius 2 is 1.96 bits per heavy atom. The molecule has 1 aromatic carbocycles. The molecule has 0 fully saturated rings. The molecule has 0 unspecified atom stereocenters. The van der Waals surface area contributed by atoms with Crippen LogP contribution in [0.2, 0.25) is 0 Å². The standard InChI is InChI=1S/C16H13F2N5O/c1-10-19-4-5-23(10)16-20-8-13(9-21-16)22-15(24)6-11-2-3-12(17)7-14(11)18/h2-5,7-9H,6H2,1H3,(H,22,24). The van der Waals surface area contributed by atoms with Crippen molar-refractivity contribution < 1.29 is 13.6 Å². The molecule has 1 amide bonds. The maximum Gasteiger partial charge on any atom is 0.235 e. The van der Waals surface area contributed by atoms with Crippen molar-refractivity contribution in [2.24, 2.45) is 0 Å².